The van der Waals surface area contributed by atoms with Gasteiger partial charge in [-0.15, -0.1) is 0 Å². The van der Waals surface area contributed by atoms with Gasteiger partial charge in [-0.1, -0.05) is 0 Å². The quantitative estimate of drug-likeness (QED) is 0.245. The van der Waals surface area contributed by atoms with E-state index in [2.05, 4.69) is 20.5 Å². The third-order valence-corrected chi connectivity index (χ3v) is 6.94. The third kappa shape index (κ3) is 7.05. The highest BCUT2D eigenvalue weighted by atomic mass is 16.5. The zero-order chi connectivity index (χ0) is 30.3. The maximum absolute atomic E-state index is 13.0. The standard InChI is InChI=1S/C30H35N7O6/c1-20(2)43-22-7-5-21(6-8-22)34-30(40)36-14-12-35(13-15-36)28-23-17-26(41-3)27(18-25(23)31-19-24(28)29(38)39)42-16-4-11-37-32-9-10-33-37/h5-10,17-20H,4,11-16H2,1-3H3,(H,34,40)(H,38,39). The lowest BCUT2D eigenvalue weighted by molar-refractivity contribution is 0.0697. The Bertz CT molecular complexity index is 1550. The number of hydrogen-bond acceptors (Lipinski definition) is 9. The van der Waals surface area contributed by atoms with Crippen molar-refractivity contribution in [3.8, 4) is 17.2 Å². The number of aromatic carboxylic acids is 1. The first-order valence-electron chi connectivity index (χ1n) is 14.1. The predicted molar refractivity (Wildman–Crippen MR) is 160 cm³/mol. The summed E-state index contributed by atoms with van der Waals surface area (Å²) in [4.78, 5) is 34.9. The molecule has 1 aliphatic rings. The van der Waals surface area contributed by atoms with Gasteiger partial charge in [0.15, 0.2) is 11.5 Å². The van der Waals surface area contributed by atoms with Crippen molar-refractivity contribution in [1.82, 2.24) is 24.9 Å². The van der Waals surface area contributed by atoms with Crippen LogP contribution in [0.25, 0.3) is 10.9 Å². The van der Waals surface area contributed by atoms with Crippen LogP contribution in [0.5, 0.6) is 17.2 Å². The molecule has 0 radical (unpaired) electrons. The number of methoxy groups -OCH3 is 1. The van der Waals surface area contributed by atoms with Crippen LogP contribution in [0.1, 0.15) is 30.6 Å². The minimum absolute atomic E-state index is 0.0638. The summed E-state index contributed by atoms with van der Waals surface area (Å²) in [5.74, 6) is 0.632. The number of rotatable bonds is 11. The number of amides is 2. The molecule has 13 nitrogen and oxygen atoms in total. The fraction of sp³-hybridized carbons (Fsp3) is 0.367. The second kappa shape index (κ2) is 13.3. The number of carbonyl (C=O) groups excluding carboxylic acids is 1. The number of aryl methyl sites for hydroxylation is 1. The topological polar surface area (TPSA) is 144 Å². The van der Waals surface area contributed by atoms with Crippen LogP contribution >= 0.6 is 0 Å². The molecule has 2 N–H and O–H groups in total. The van der Waals surface area contributed by atoms with Gasteiger partial charge in [-0.05, 0) is 44.2 Å². The lowest BCUT2D eigenvalue weighted by Gasteiger charge is -2.37. The first-order chi connectivity index (χ1) is 20.8. The molecule has 226 valence electrons. The van der Waals surface area contributed by atoms with E-state index in [9.17, 15) is 14.7 Å². The number of carbonyl (C=O) groups is 2. The van der Waals surface area contributed by atoms with Crippen LogP contribution in [0, 0.1) is 0 Å². The molecule has 1 saturated heterocycles. The van der Waals surface area contributed by atoms with Gasteiger partial charge in [0, 0.05) is 55.9 Å². The first kappa shape index (κ1) is 29.4. The first-order valence-corrected chi connectivity index (χ1v) is 14.1. The summed E-state index contributed by atoms with van der Waals surface area (Å²) in [5.41, 5.74) is 1.86. The Balaban J connectivity index is 1.28. The van der Waals surface area contributed by atoms with E-state index in [1.165, 1.54) is 13.3 Å². The number of urea groups is 1. The Labute approximate surface area is 249 Å². The average Bonchev–Trinajstić information content (AvgIpc) is 3.52. The van der Waals surface area contributed by atoms with Crippen molar-refractivity contribution in [1.29, 1.82) is 0 Å². The normalized spacial score (nSPS) is 13.3. The number of nitrogens with one attached hydrogen (secondary N) is 1. The van der Waals surface area contributed by atoms with Crippen LogP contribution in [0.15, 0.2) is 55.0 Å². The Hall–Kier alpha value is -5.07. The summed E-state index contributed by atoms with van der Waals surface area (Å²) in [6, 6.07) is 10.5. The molecule has 5 rings (SSSR count). The van der Waals surface area contributed by atoms with Crippen LogP contribution in [0.4, 0.5) is 16.2 Å². The summed E-state index contributed by atoms with van der Waals surface area (Å²) in [7, 11) is 1.54. The van der Waals surface area contributed by atoms with Gasteiger partial charge in [-0.2, -0.15) is 15.0 Å². The number of carboxylic acids is 1. The Morgan fingerprint density at radius 3 is 2.40 bits per heavy atom. The molecule has 43 heavy (non-hydrogen) atoms. The number of piperazine rings is 1. The number of carboxylic acid groups (broad SMARTS) is 1. The number of ether oxygens (including phenoxy) is 3. The molecular weight excluding hydrogens is 554 g/mol. The molecule has 2 aromatic heterocycles. The van der Waals surface area contributed by atoms with Gasteiger partial charge in [0.05, 0.1) is 50.0 Å². The Morgan fingerprint density at radius 1 is 1.02 bits per heavy atom. The van der Waals surface area contributed by atoms with Crippen molar-refractivity contribution in [2.24, 2.45) is 0 Å². The zero-order valence-corrected chi connectivity index (χ0v) is 24.4. The number of benzene rings is 2. The fourth-order valence-corrected chi connectivity index (χ4v) is 4.93. The van der Waals surface area contributed by atoms with E-state index in [1.54, 1.807) is 46.4 Å². The van der Waals surface area contributed by atoms with E-state index in [4.69, 9.17) is 14.2 Å². The second-order valence-electron chi connectivity index (χ2n) is 10.3. The SMILES string of the molecule is COc1cc2c(N3CCN(C(=O)Nc4ccc(OC(C)C)cc4)CC3)c(C(=O)O)cnc2cc1OCCCn1nccn1. The summed E-state index contributed by atoms with van der Waals surface area (Å²) >= 11 is 0. The van der Waals surface area contributed by atoms with Gasteiger partial charge >= 0.3 is 12.0 Å². The smallest absolute Gasteiger partial charge is 0.339 e. The van der Waals surface area contributed by atoms with Crippen molar-refractivity contribution in [2.45, 2.75) is 32.9 Å². The highest BCUT2D eigenvalue weighted by molar-refractivity contribution is 6.05. The third-order valence-electron chi connectivity index (χ3n) is 6.94. The summed E-state index contributed by atoms with van der Waals surface area (Å²) in [5, 5.41) is 21.7. The molecule has 0 spiro atoms. The highest BCUT2D eigenvalue weighted by Gasteiger charge is 2.27. The molecule has 1 fully saturated rings. The van der Waals surface area contributed by atoms with E-state index in [0.29, 0.717) is 79.5 Å². The predicted octanol–water partition coefficient (Wildman–Crippen LogP) is 4.14. The number of hydrogen-bond donors (Lipinski definition) is 2. The van der Waals surface area contributed by atoms with Gasteiger partial charge in [0.1, 0.15) is 11.3 Å². The lowest BCUT2D eigenvalue weighted by Crippen LogP contribution is -2.50. The zero-order valence-electron chi connectivity index (χ0n) is 24.4. The van der Waals surface area contributed by atoms with E-state index in [0.717, 1.165) is 5.75 Å². The van der Waals surface area contributed by atoms with E-state index >= 15 is 0 Å². The van der Waals surface area contributed by atoms with E-state index in [-0.39, 0.29) is 17.7 Å². The minimum Gasteiger partial charge on any atom is -0.493 e. The van der Waals surface area contributed by atoms with Crippen LogP contribution in [-0.2, 0) is 6.54 Å². The maximum atomic E-state index is 13.0. The molecule has 3 heterocycles. The number of pyridine rings is 1. The molecule has 0 unspecified atom stereocenters. The lowest BCUT2D eigenvalue weighted by atomic mass is 10.1. The fourth-order valence-electron chi connectivity index (χ4n) is 4.93. The van der Waals surface area contributed by atoms with Gasteiger partial charge in [-0.3, -0.25) is 4.98 Å². The maximum Gasteiger partial charge on any atom is 0.339 e. The average molecular weight is 590 g/mol. The van der Waals surface area contributed by atoms with Crippen LogP contribution in [0.2, 0.25) is 0 Å². The van der Waals surface area contributed by atoms with Crippen molar-refractivity contribution in [3.63, 3.8) is 0 Å². The highest BCUT2D eigenvalue weighted by Crippen LogP contribution is 2.38. The van der Waals surface area contributed by atoms with E-state index < -0.39 is 5.97 Å². The van der Waals surface area contributed by atoms with Crippen LogP contribution in [-0.4, -0.2) is 88.0 Å². The van der Waals surface area contributed by atoms with Crippen LogP contribution in [0.3, 0.4) is 0 Å². The molecule has 0 saturated carbocycles. The summed E-state index contributed by atoms with van der Waals surface area (Å²) in [6.07, 6.45) is 5.36. The minimum atomic E-state index is -1.08. The van der Waals surface area contributed by atoms with Crippen molar-refractivity contribution in [3.05, 3.63) is 60.6 Å². The summed E-state index contributed by atoms with van der Waals surface area (Å²) in [6.45, 7) is 6.62. The number of nitrogens with zero attached hydrogens (tertiary/aromatic N) is 6. The molecule has 0 bridgehead atoms. The molecule has 2 amide bonds. The molecule has 0 aliphatic carbocycles. The molecular formula is C30H35N7O6. The van der Waals surface area contributed by atoms with Gasteiger partial charge in [-0.25, -0.2) is 9.59 Å². The van der Waals surface area contributed by atoms with Gasteiger partial charge in [0.2, 0.25) is 0 Å². The Morgan fingerprint density at radius 2 is 1.74 bits per heavy atom. The van der Waals surface area contributed by atoms with Gasteiger partial charge in [0.25, 0.3) is 0 Å². The second-order valence-corrected chi connectivity index (χ2v) is 10.3. The van der Waals surface area contributed by atoms with Crippen molar-refractivity contribution >= 4 is 34.3 Å². The summed E-state index contributed by atoms with van der Waals surface area (Å²) < 4.78 is 17.3. The molecule has 4 aromatic rings. The van der Waals surface area contributed by atoms with Gasteiger partial charge < -0.3 is 34.4 Å². The molecule has 0 atom stereocenters. The molecule has 1 aliphatic heterocycles. The number of aromatic nitrogens is 4. The van der Waals surface area contributed by atoms with Crippen molar-refractivity contribution in [2.75, 3.05) is 50.1 Å². The molecule has 2 aromatic carbocycles. The van der Waals surface area contributed by atoms with Crippen molar-refractivity contribution < 1.29 is 28.9 Å². The van der Waals surface area contributed by atoms with E-state index in [1.807, 2.05) is 30.9 Å². The largest absolute Gasteiger partial charge is 0.493 e. The Kier molecular flexibility index (Phi) is 9.08. The van der Waals surface area contributed by atoms with Crippen LogP contribution < -0.4 is 24.4 Å². The monoisotopic (exact) mass is 589 g/mol. The number of anilines is 2. The molecule has 13 heteroatoms. The number of fused-ring (bicyclic) bond motifs is 1.